The number of benzene rings is 3. The van der Waals surface area contributed by atoms with Crippen LogP contribution >= 0.6 is 23.2 Å². The molecule has 41 heavy (non-hydrogen) atoms. The quantitative estimate of drug-likeness (QED) is 0.327. The molecule has 0 spiro atoms. The van der Waals surface area contributed by atoms with E-state index in [0.29, 0.717) is 53.3 Å². The van der Waals surface area contributed by atoms with Crippen molar-refractivity contribution in [3.8, 4) is 11.5 Å². The summed E-state index contributed by atoms with van der Waals surface area (Å²) in [4.78, 5) is 28.5. The molecule has 218 valence electrons. The van der Waals surface area contributed by atoms with E-state index in [-0.39, 0.29) is 23.0 Å². The molecule has 1 aliphatic rings. The van der Waals surface area contributed by atoms with Crippen LogP contribution in [0.5, 0.6) is 11.5 Å². The largest absolute Gasteiger partial charge is 0.486 e. The number of ether oxygens (including phenoxy) is 2. The molecule has 12 heteroatoms. The lowest BCUT2D eigenvalue weighted by molar-refractivity contribution is -0.140. The second kappa shape index (κ2) is 13.5. The summed E-state index contributed by atoms with van der Waals surface area (Å²) < 4.78 is 40.2. The second-order valence-corrected chi connectivity index (χ2v) is 11.9. The van der Waals surface area contributed by atoms with E-state index in [9.17, 15) is 18.0 Å². The van der Waals surface area contributed by atoms with Gasteiger partial charge in [0.15, 0.2) is 11.5 Å². The van der Waals surface area contributed by atoms with Crippen LogP contribution in [-0.4, -0.2) is 57.5 Å². The van der Waals surface area contributed by atoms with Crippen LogP contribution in [0.2, 0.25) is 10.0 Å². The highest BCUT2D eigenvalue weighted by atomic mass is 35.5. The average Bonchev–Trinajstić information content (AvgIpc) is 2.97. The smallest absolute Gasteiger partial charge is 0.264 e. The van der Waals surface area contributed by atoms with E-state index in [1.54, 1.807) is 62.4 Å². The number of nitrogens with one attached hydrogen (secondary N) is 1. The number of hydrogen-bond acceptors (Lipinski definition) is 6. The Kier molecular flexibility index (Phi) is 10.0. The zero-order valence-electron chi connectivity index (χ0n) is 22.7. The lowest BCUT2D eigenvalue weighted by Gasteiger charge is -2.33. The Bertz CT molecular complexity index is 1500. The van der Waals surface area contributed by atoms with Crippen LogP contribution in [-0.2, 0) is 26.2 Å². The maximum atomic E-state index is 14.1. The normalized spacial score (nSPS) is 13.3. The van der Waals surface area contributed by atoms with Gasteiger partial charge in [-0.3, -0.25) is 13.9 Å². The van der Waals surface area contributed by atoms with Crippen LogP contribution in [0.4, 0.5) is 5.69 Å². The van der Waals surface area contributed by atoms with E-state index >= 15 is 0 Å². The van der Waals surface area contributed by atoms with Gasteiger partial charge in [0.25, 0.3) is 10.0 Å². The van der Waals surface area contributed by atoms with Crippen LogP contribution < -0.4 is 19.1 Å². The van der Waals surface area contributed by atoms with Gasteiger partial charge in [0.05, 0.1) is 20.6 Å². The first-order chi connectivity index (χ1) is 19.6. The lowest BCUT2D eigenvalue weighted by Crippen LogP contribution is -2.52. The molecule has 4 rings (SSSR count). The number of carbonyl (C=O) groups is 2. The van der Waals surface area contributed by atoms with Gasteiger partial charge in [-0.15, -0.1) is 0 Å². The van der Waals surface area contributed by atoms with Crippen molar-refractivity contribution in [3.63, 3.8) is 0 Å². The molecular weight excluding hydrogens is 589 g/mol. The van der Waals surface area contributed by atoms with Gasteiger partial charge >= 0.3 is 0 Å². The van der Waals surface area contributed by atoms with E-state index in [1.807, 2.05) is 0 Å². The number of nitrogens with zero attached hydrogens (tertiary/aromatic N) is 2. The maximum absolute atomic E-state index is 14.1. The number of likely N-dealkylation sites (N-methyl/N-ethyl adjacent to an activating group) is 1. The number of rotatable bonds is 11. The number of carbonyl (C=O) groups excluding carboxylic acids is 2. The predicted molar refractivity (Wildman–Crippen MR) is 158 cm³/mol. The Morgan fingerprint density at radius 3 is 2.29 bits per heavy atom. The minimum atomic E-state index is -4.21. The van der Waals surface area contributed by atoms with E-state index < -0.39 is 28.5 Å². The molecule has 0 aliphatic carbocycles. The second-order valence-electron chi connectivity index (χ2n) is 9.24. The number of hydrogen-bond donors (Lipinski definition) is 1. The summed E-state index contributed by atoms with van der Waals surface area (Å²) in [5, 5.41) is 3.42. The molecule has 1 aliphatic heterocycles. The van der Waals surface area contributed by atoms with Crippen molar-refractivity contribution in [1.29, 1.82) is 0 Å². The van der Waals surface area contributed by atoms with Gasteiger partial charge in [0.1, 0.15) is 25.8 Å². The summed E-state index contributed by atoms with van der Waals surface area (Å²) in [6, 6.07) is 16.6. The van der Waals surface area contributed by atoms with E-state index in [0.717, 1.165) is 4.31 Å². The van der Waals surface area contributed by atoms with Crippen molar-refractivity contribution in [1.82, 2.24) is 10.2 Å². The highest BCUT2D eigenvalue weighted by molar-refractivity contribution is 7.92. The molecule has 0 saturated carbocycles. The third-order valence-corrected chi connectivity index (χ3v) is 9.02. The predicted octanol–water partition coefficient (Wildman–Crippen LogP) is 4.90. The van der Waals surface area contributed by atoms with Gasteiger partial charge in [-0.25, -0.2) is 8.42 Å². The van der Waals surface area contributed by atoms with Crippen LogP contribution in [0, 0.1) is 0 Å². The fourth-order valence-corrected chi connectivity index (χ4v) is 6.23. The monoisotopic (exact) mass is 619 g/mol. The first kappa shape index (κ1) is 30.5. The fourth-order valence-electron chi connectivity index (χ4n) is 4.48. The van der Waals surface area contributed by atoms with Gasteiger partial charge in [0.2, 0.25) is 11.8 Å². The molecule has 0 saturated heterocycles. The zero-order valence-corrected chi connectivity index (χ0v) is 25.0. The molecule has 1 N–H and O–H groups in total. The first-order valence-electron chi connectivity index (χ1n) is 13.1. The van der Waals surface area contributed by atoms with E-state index in [4.69, 9.17) is 32.7 Å². The molecule has 3 aromatic rings. The molecule has 0 radical (unpaired) electrons. The average molecular weight is 621 g/mol. The number of fused-ring (bicyclic) bond motifs is 1. The fraction of sp³-hybridized carbons (Fsp3) is 0.310. The molecular formula is C29H31Cl2N3O6S. The molecule has 3 aromatic carbocycles. The summed E-state index contributed by atoms with van der Waals surface area (Å²) in [5.74, 6) is -0.0772. The third kappa shape index (κ3) is 7.06. The highest BCUT2D eigenvalue weighted by Crippen LogP contribution is 2.36. The van der Waals surface area contributed by atoms with E-state index in [1.165, 1.54) is 23.1 Å². The van der Waals surface area contributed by atoms with Crippen LogP contribution in [0.15, 0.2) is 71.6 Å². The van der Waals surface area contributed by atoms with Gasteiger partial charge < -0.3 is 19.7 Å². The topological polar surface area (TPSA) is 105 Å². The summed E-state index contributed by atoms with van der Waals surface area (Å²) in [6.07, 6.45) is 0.300. The van der Waals surface area contributed by atoms with Crippen molar-refractivity contribution >= 4 is 50.7 Å². The Labute approximate surface area is 250 Å². The van der Waals surface area contributed by atoms with Crippen molar-refractivity contribution in [3.05, 3.63) is 82.3 Å². The Balaban J connectivity index is 1.76. The van der Waals surface area contributed by atoms with Gasteiger partial charge in [0, 0.05) is 19.2 Å². The van der Waals surface area contributed by atoms with Crippen molar-refractivity contribution in [2.75, 3.05) is 30.6 Å². The van der Waals surface area contributed by atoms with Crippen LogP contribution in [0.1, 0.15) is 25.8 Å². The lowest BCUT2D eigenvalue weighted by atomic mass is 10.1. The standard InChI is InChI=1S/C29H31Cl2N3O6S/c1-3-25(29(36)32-4-2)33(18-20-10-12-23(30)24(31)16-20)28(35)19-34(41(37,38)22-8-6-5-7-9-22)21-11-13-26-27(17-21)40-15-14-39-26/h5-13,16-17,25H,3-4,14-15,18-19H2,1-2H3,(H,32,36). The molecule has 0 aromatic heterocycles. The molecule has 0 bridgehead atoms. The highest BCUT2D eigenvalue weighted by Gasteiger charge is 2.34. The Morgan fingerprint density at radius 1 is 0.927 bits per heavy atom. The van der Waals surface area contributed by atoms with Crippen molar-refractivity contribution in [2.24, 2.45) is 0 Å². The Hall–Kier alpha value is -3.47. The summed E-state index contributed by atoms with van der Waals surface area (Å²) in [7, 11) is -4.21. The third-order valence-electron chi connectivity index (χ3n) is 6.50. The Morgan fingerprint density at radius 2 is 1.63 bits per heavy atom. The molecule has 2 amide bonds. The van der Waals surface area contributed by atoms with Gasteiger partial charge in [-0.1, -0.05) is 54.4 Å². The summed E-state index contributed by atoms with van der Waals surface area (Å²) in [5.41, 5.74) is 0.847. The van der Waals surface area contributed by atoms with Crippen LogP contribution in [0.3, 0.4) is 0 Å². The van der Waals surface area contributed by atoms with E-state index in [2.05, 4.69) is 5.32 Å². The molecule has 1 atom stereocenters. The molecule has 1 unspecified atom stereocenters. The minimum Gasteiger partial charge on any atom is -0.486 e. The number of sulfonamides is 1. The molecule has 1 heterocycles. The van der Waals surface area contributed by atoms with Crippen molar-refractivity contribution < 1.29 is 27.5 Å². The first-order valence-corrected chi connectivity index (χ1v) is 15.3. The zero-order chi connectivity index (χ0) is 29.6. The van der Waals surface area contributed by atoms with Crippen molar-refractivity contribution in [2.45, 2.75) is 37.8 Å². The molecule has 9 nitrogen and oxygen atoms in total. The summed E-state index contributed by atoms with van der Waals surface area (Å²) in [6.45, 7) is 4.05. The number of amides is 2. The number of anilines is 1. The SMILES string of the molecule is CCNC(=O)C(CC)N(Cc1ccc(Cl)c(Cl)c1)C(=O)CN(c1ccc2c(c1)OCCO2)S(=O)(=O)c1ccccc1. The van der Waals surface area contributed by atoms with Gasteiger partial charge in [-0.2, -0.15) is 0 Å². The van der Waals surface area contributed by atoms with Crippen LogP contribution in [0.25, 0.3) is 0 Å². The molecule has 0 fully saturated rings. The maximum Gasteiger partial charge on any atom is 0.264 e. The number of halogens is 2. The minimum absolute atomic E-state index is 0.00568. The summed E-state index contributed by atoms with van der Waals surface area (Å²) >= 11 is 12.3. The van der Waals surface area contributed by atoms with Gasteiger partial charge in [-0.05, 0) is 55.3 Å².